The highest BCUT2D eigenvalue weighted by Gasteiger charge is 2.15. The van der Waals surface area contributed by atoms with Gasteiger partial charge in [0.05, 0.1) is 5.56 Å². The van der Waals surface area contributed by atoms with Crippen LogP contribution in [0.5, 0.6) is 0 Å². The summed E-state index contributed by atoms with van der Waals surface area (Å²) in [6.45, 7) is 1.27. The number of anilines is 1. The van der Waals surface area contributed by atoms with E-state index in [-0.39, 0.29) is 28.5 Å². The van der Waals surface area contributed by atoms with Gasteiger partial charge in [0.1, 0.15) is 17.3 Å². The van der Waals surface area contributed by atoms with Gasteiger partial charge in [-0.15, -0.1) is 10.2 Å². The molecule has 0 radical (unpaired) electrons. The van der Waals surface area contributed by atoms with Gasteiger partial charge in [0.25, 0.3) is 5.91 Å². The number of nitrogens with zero attached hydrogens (tertiary/aromatic N) is 3. The molecule has 0 fully saturated rings. The number of hydrogen-bond acceptors (Lipinski definition) is 6. The monoisotopic (exact) mass is 326 g/mol. The second-order valence-electron chi connectivity index (χ2n) is 4.63. The first-order chi connectivity index (χ1) is 11.5. The number of nitrogens with one attached hydrogen (secondary N) is 1. The van der Waals surface area contributed by atoms with Gasteiger partial charge in [-0.3, -0.25) is 4.79 Å². The number of aliphatic hydroxyl groups is 1. The molecule has 1 aromatic heterocycles. The number of hydrogen-bond donors (Lipinski definition) is 3. The molecule has 8 heteroatoms. The lowest BCUT2D eigenvalue weighted by Crippen LogP contribution is -2.15. The molecule has 0 aliphatic heterocycles. The molecule has 1 aromatic carbocycles. The molecule has 8 nitrogen and oxygen atoms in total. The van der Waals surface area contributed by atoms with Crippen molar-refractivity contribution in [2.75, 3.05) is 5.32 Å². The standard InChI is InChI=1S/C16H14N4O4/c1-10(21)14(15(22)18-13-8-4-5-9-17-13)20-19-12-7-3-2-6-11(12)16(23)24/h2-9,21H,1H3,(H,23,24)(H,17,18,22). The minimum Gasteiger partial charge on any atom is -0.510 e. The molecule has 0 saturated heterocycles. The van der Waals surface area contributed by atoms with Crippen LogP contribution in [-0.2, 0) is 4.79 Å². The van der Waals surface area contributed by atoms with Crippen LogP contribution in [0.25, 0.3) is 0 Å². The van der Waals surface area contributed by atoms with Gasteiger partial charge in [-0.05, 0) is 31.2 Å². The van der Waals surface area contributed by atoms with E-state index in [1.54, 1.807) is 30.3 Å². The van der Waals surface area contributed by atoms with Gasteiger partial charge in [-0.2, -0.15) is 0 Å². The molecule has 3 N–H and O–H groups in total. The zero-order chi connectivity index (χ0) is 17.5. The first-order valence-electron chi connectivity index (χ1n) is 6.85. The maximum absolute atomic E-state index is 12.2. The summed E-state index contributed by atoms with van der Waals surface area (Å²) in [6, 6.07) is 10.9. The van der Waals surface area contributed by atoms with Crippen molar-refractivity contribution < 1.29 is 19.8 Å². The second-order valence-corrected chi connectivity index (χ2v) is 4.63. The summed E-state index contributed by atoms with van der Waals surface area (Å²) in [5.41, 5.74) is -0.350. The van der Waals surface area contributed by atoms with Crippen LogP contribution in [0.3, 0.4) is 0 Å². The lowest BCUT2D eigenvalue weighted by molar-refractivity contribution is -0.113. The molecule has 0 unspecified atom stereocenters. The molecule has 2 aromatic rings. The normalized spacial score (nSPS) is 11.9. The van der Waals surface area contributed by atoms with E-state index in [1.807, 2.05) is 0 Å². The Morgan fingerprint density at radius 1 is 1.08 bits per heavy atom. The zero-order valence-electron chi connectivity index (χ0n) is 12.7. The topological polar surface area (TPSA) is 124 Å². The molecule has 0 saturated carbocycles. The maximum atomic E-state index is 12.2. The van der Waals surface area contributed by atoms with Crippen LogP contribution in [0.1, 0.15) is 17.3 Å². The molecule has 0 bridgehead atoms. The Balaban J connectivity index is 2.26. The number of rotatable bonds is 5. The van der Waals surface area contributed by atoms with E-state index in [1.165, 1.54) is 25.3 Å². The highest BCUT2D eigenvalue weighted by atomic mass is 16.4. The number of benzene rings is 1. The molecule has 0 aliphatic carbocycles. The van der Waals surface area contributed by atoms with Gasteiger partial charge < -0.3 is 15.5 Å². The smallest absolute Gasteiger partial charge is 0.337 e. The summed E-state index contributed by atoms with van der Waals surface area (Å²) >= 11 is 0. The third-order valence-electron chi connectivity index (χ3n) is 2.86. The van der Waals surface area contributed by atoms with Crippen LogP contribution in [0.2, 0.25) is 0 Å². The SMILES string of the molecule is CC(O)=C(N=Nc1ccccc1C(=O)O)C(=O)Nc1ccccn1. The minimum absolute atomic E-state index is 0.0642. The zero-order valence-corrected chi connectivity index (χ0v) is 12.7. The van der Waals surface area contributed by atoms with Crippen molar-refractivity contribution in [2.45, 2.75) is 6.92 Å². The number of aromatic carboxylic acids is 1. The van der Waals surface area contributed by atoms with Crippen LogP contribution in [0.4, 0.5) is 11.5 Å². The number of amides is 1. The second kappa shape index (κ2) is 7.63. The number of aliphatic hydroxyl groups excluding tert-OH is 1. The van der Waals surface area contributed by atoms with E-state index in [2.05, 4.69) is 20.5 Å². The van der Waals surface area contributed by atoms with E-state index in [0.29, 0.717) is 0 Å². The minimum atomic E-state index is -1.17. The van der Waals surface area contributed by atoms with Crippen LogP contribution in [0, 0.1) is 0 Å². The van der Waals surface area contributed by atoms with E-state index in [0.717, 1.165) is 0 Å². The first-order valence-corrected chi connectivity index (χ1v) is 6.85. The third-order valence-corrected chi connectivity index (χ3v) is 2.86. The Morgan fingerprint density at radius 3 is 2.42 bits per heavy atom. The average Bonchev–Trinajstić information content (AvgIpc) is 2.56. The predicted octanol–water partition coefficient (Wildman–Crippen LogP) is 3.29. The first kappa shape index (κ1) is 16.8. The summed E-state index contributed by atoms with van der Waals surface area (Å²) in [7, 11) is 0. The van der Waals surface area contributed by atoms with Gasteiger partial charge in [-0.25, -0.2) is 9.78 Å². The van der Waals surface area contributed by atoms with Crippen LogP contribution in [0.15, 0.2) is 70.3 Å². The quantitative estimate of drug-likeness (QED) is 0.442. The molecule has 122 valence electrons. The van der Waals surface area contributed by atoms with E-state index in [4.69, 9.17) is 5.11 Å². The van der Waals surface area contributed by atoms with Crippen LogP contribution < -0.4 is 5.32 Å². The van der Waals surface area contributed by atoms with Crippen molar-refractivity contribution in [3.8, 4) is 0 Å². The molecular weight excluding hydrogens is 312 g/mol. The van der Waals surface area contributed by atoms with Gasteiger partial charge in [0, 0.05) is 6.20 Å². The van der Waals surface area contributed by atoms with Crippen LogP contribution >= 0.6 is 0 Å². The molecular formula is C16H14N4O4. The maximum Gasteiger partial charge on any atom is 0.337 e. The molecule has 1 amide bonds. The summed E-state index contributed by atoms with van der Waals surface area (Å²) in [5.74, 6) is -1.97. The summed E-state index contributed by atoms with van der Waals surface area (Å²) < 4.78 is 0. The third kappa shape index (κ3) is 4.23. The fraction of sp³-hybridized carbons (Fsp3) is 0.0625. The van der Waals surface area contributed by atoms with Crippen molar-refractivity contribution >= 4 is 23.4 Å². The lowest BCUT2D eigenvalue weighted by atomic mass is 10.2. The predicted molar refractivity (Wildman–Crippen MR) is 86.1 cm³/mol. The number of carbonyl (C=O) groups excluding carboxylic acids is 1. The van der Waals surface area contributed by atoms with Crippen molar-refractivity contribution in [1.82, 2.24) is 4.98 Å². The molecule has 0 aliphatic rings. The van der Waals surface area contributed by atoms with E-state index < -0.39 is 11.9 Å². The van der Waals surface area contributed by atoms with Crippen molar-refractivity contribution in [3.63, 3.8) is 0 Å². The fourth-order valence-electron chi connectivity index (χ4n) is 1.74. The fourth-order valence-corrected chi connectivity index (χ4v) is 1.74. The van der Waals surface area contributed by atoms with Crippen molar-refractivity contribution in [2.24, 2.45) is 10.2 Å². The van der Waals surface area contributed by atoms with Crippen molar-refractivity contribution in [3.05, 3.63) is 65.7 Å². The average molecular weight is 326 g/mol. The summed E-state index contributed by atoms with van der Waals surface area (Å²) in [6.07, 6.45) is 1.50. The van der Waals surface area contributed by atoms with E-state index in [9.17, 15) is 14.7 Å². The number of allylic oxidation sites excluding steroid dienone is 1. The number of aromatic nitrogens is 1. The van der Waals surface area contributed by atoms with Gasteiger partial charge >= 0.3 is 5.97 Å². The Labute approximate surface area is 137 Å². The molecule has 1 heterocycles. The summed E-state index contributed by atoms with van der Waals surface area (Å²) in [5, 5.41) is 28.6. The highest BCUT2D eigenvalue weighted by molar-refractivity contribution is 6.03. The molecule has 2 rings (SSSR count). The number of carboxylic acid groups (broad SMARTS) is 1. The molecule has 0 atom stereocenters. The molecule has 24 heavy (non-hydrogen) atoms. The number of pyridine rings is 1. The number of carboxylic acids is 1. The number of carbonyl (C=O) groups is 2. The Bertz CT molecular complexity index is 812. The highest BCUT2D eigenvalue weighted by Crippen LogP contribution is 2.21. The van der Waals surface area contributed by atoms with Gasteiger partial charge in [0.2, 0.25) is 0 Å². The summed E-state index contributed by atoms with van der Waals surface area (Å²) in [4.78, 5) is 27.2. The Hall–Kier alpha value is -3.55. The van der Waals surface area contributed by atoms with E-state index >= 15 is 0 Å². The van der Waals surface area contributed by atoms with Gasteiger partial charge in [-0.1, -0.05) is 18.2 Å². The lowest BCUT2D eigenvalue weighted by Gasteiger charge is -2.05. The number of azo groups is 1. The Morgan fingerprint density at radius 2 is 1.79 bits per heavy atom. The Kier molecular flexibility index (Phi) is 5.35. The van der Waals surface area contributed by atoms with Crippen LogP contribution in [-0.4, -0.2) is 27.1 Å². The molecule has 0 spiro atoms. The largest absolute Gasteiger partial charge is 0.510 e. The van der Waals surface area contributed by atoms with Crippen molar-refractivity contribution in [1.29, 1.82) is 0 Å². The van der Waals surface area contributed by atoms with Gasteiger partial charge in [0.15, 0.2) is 5.70 Å².